The minimum absolute atomic E-state index is 0.317. The Morgan fingerprint density at radius 3 is 3.00 bits per heavy atom. The smallest absolute Gasteiger partial charge is 0.339 e. The number of esters is 1. The summed E-state index contributed by atoms with van der Waals surface area (Å²) in [7, 11) is 0. The SMILES string of the molecule is CSCCOC(=O)c1cc(N)ccc1Cl. The first-order valence-corrected chi connectivity index (χ1v) is 6.13. The summed E-state index contributed by atoms with van der Waals surface area (Å²) in [5.41, 5.74) is 6.36. The molecule has 82 valence electrons. The van der Waals surface area contributed by atoms with Crippen LogP contribution in [-0.2, 0) is 4.74 Å². The molecule has 1 aromatic carbocycles. The molecule has 0 aliphatic heterocycles. The quantitative estimate of drug-likeness (QED) is 0.503. The molecule has 3 nitrogen and oxygen atoms in total. The van der Waals surface area contributed by atoms with Gasteiger partial charge < -0.3 is 10.5 Å². The highest BCUT2D eigenvalue weighted by Crippen LogP contribution is 2.19. The first-order valence-electron chi connectivity index (χ1n) is 4.36. The van der Waals surface area contributed by atoms with Gasteiger partial charge in [-0.2, -0.15) is 11.8 Å². The van der Waals surface area contributed by atoms with Crippen LogP contribution >= 0.6 is 23.4 Å². The van der Waals surface area contributed by atoms with Crippen LogP contribution in [0.3, 0.4) is 0 Å². The van der Waals surface area contributed by atoms with Crippen LogP contribution in [0, 0.1) is 0 Å². The second kappa shape index (κ2) is 5.88. The number of nitrogens with two attached hydrogens (primary N) is 1. The molecule has 0 saturated carbocycles. The van der Waals surface area contributed by atoms with Gasteiger partial charge in [-0.15, -0.1) is 0 Å². The van der Waals surface area contributed by atoms with Crippen LogP contribution in [0.1, 0.15) is 10.4 Å². The number of rotatable bonds is 4. The minimum atomic E-state index is -0.429. The van der Waals surface area contributed by atoms with E-state index in [2.05, 4.69) is 0 Å². The molecule has 1 aromatic rings. The molecule has 0 saturated heterocycles. The maximum atomic E-state index is 11.5. The van der Waals surface area contributed by atoms with Gasteiger partial charge in [0.25, 0.3) is 0 Å². The summed E-state index contributed by atoms with van der Waals surface area (Å²) < 4.78 is 5.00. The lowest BCUT2D eigenvalue weighted by molar-refractivity contribution is 0.0530. The topological polar surface area (TPSA) is 52.3 Å². The summed E-state index contributed by atoms with van der Waals surface area (Å²) in [4.78, 5) is 11.5. The van der Waals surface area contributed by atoms with E-state index in [1.54, 1.807) is 23.9 Å². The summed E-state index contributed by atoms with van der Waals surface area (Å²) >= 11 is 7.45. The van der Waals surface area contributed by atoms with E-state index in [1.807, 2.05) is 6.26 Å². The number of carbonyl (C=O) groups is 1. The lowest BCUT2D eigenvalue weighted by Gasteiger charge is -2.05. The monoisotopic (exact) mass is 245 g/mol. The summed E-state index contributed by atoms with van der Waals surface area (Å²) in [6.45, 7) is 0.380. The molecule has 0 aliphatic carbocycles. The zero-order valence-corrected chi connectivity index (χ0v) is 9.90. The molecule has 0 bridgehead atoms. The number of halogens is 1. The Morgan fingerprint density at radius 1 is 1.60 bits per heavy atom. The zero-order valence-electron chi connectivity index (χ0n) is 8.33. The molecular formula is C10H12ClNO2S. The van der Waals surface area contributed by atoms with Crippen LogP contribution in [0.5, 0.6) is 0 Å². The van der Waals surface area contributed by atoms with Gasteiger partial charge in [0.1, 0.15) is 6.61 Å². The number of nitrogen functional groups attached to an aromatic ring is 1. The Bertz CT molecular complexity index is 357. The van der Waals surface area contributed by atoms with E-state index >= 15 is 0 Å². The molecule has 0 heterocycles. The van der Waals surface area contributed by atoms with E-state index < -0.39 is 5.97 Å². The average Bonchev–Trinajstić information content (AvgIpc) is 2.22. The Balaban J connectivity index is 2.68. The highest BCUT2D eigenvalue weighted by Gasteiger charge is 2.11. The number of thioether (sulfide) groups is 1. The third kappa shape index (κ3) is 3.64. The van der Waals surface area contributed by atoms with E-state index in [0.29, 0.717) is 22.9 Å². The summed E-state index contributed by atoms with van der Waals surface area (Å²) in [5.74, 6) is 0.340. The zero-order chi connectivity index (χ0) is 11.3. The van der Waals surface area contributed by atoms with Crippen LogP contribution in [0.2, 0.25) is 5.02 Å². The number of hydrogen-bond donors (Lipinski definition) is 1. The molecule has 0 amide bonds. The second-order valence-corrected chi connectivity index (χ2v) is 4.26. The normalized spacial score (nSPS) is 10.0. The molecule has 0 unspecified atom stereocenters. The number of ether oxygens (including phenoxy) is 1. The number of benzene rings is 1. The van der Waals surface area contributed by atoms with Crippen LogP contribution < -0.4 is 5.73 Å². The van der Waals surface area contributed by atoms with Gasteiger partial charge in [0, 0.05) is 11.4 Å². The maximum absolute atomic E-state index is 11.5. The number of anilines is 1. The molecule has 1 rings (SSSR count). The van der Waals surface area contributed by atoms with E-state index in [-0.39, 0.29) is 0 Å². The second-order valence-electron chi connectivity index (χ2n) is 2.87. The molecule has 0 aromatic heterocycles. The Labute approximate surface area is 97.9 Å². The number of hydrogen-bond acceptors (Lipinski definition) is 4. The van der Waals surface area contributed by atoms with Crippen molar-refractivity contribution in [1.29, 1.82) is 0 Å². The first kappa shape index (κ1) is 12.2. The predicted molar refractivity (Wildman–Crippen MR) is 64.5 cm³/mol. The minimum Gasteiger partial charge on any atom is -0.461 e. The molecule has 15 heavy (non-hydrogen) atoms. The van der Waals surface area contributed by atoms with Crippen LogP contribution in [0.4, 0.5) is 5.69 Å². The van der Waals surface area contributed by atoms with Gasteiger partial charge in [-0.1, -0.05) is 11.6 Å². The van der Waals surface area contributed by atoms with E-state index in [0.717, 1.165) is 5.75 Å². The summed E-state index contributed by atoms with van der Waals surface area (Å²) in [5, 5.41) is 0.360. The van der Waals surface area contributed by atoms with Crippen molar-refractivity contribution >= 4 is 35.0 Å². The summed E-state index contributed by atoms with van der Waals surface area (Å²) in [6.07, 6.45) is 1.95. The van der Waals surface area contributed by atoms with Gasteiger partial charge in [0.2, 0.25) is 0 Å². The van der Waals surface area contributed by atoms with E-state index in [1.165, 1.54) is 6.07 Å². The molecule has 0 spiro atoms. The van der Waals surface area contributed by atoms with Crippen molar-refractivity contribution in [2.75, 3.05) is 24.3 Å². The average molecular weight is 246 g/mol. The van der Waals surface area contributed by atoms with E-state index in [9.17, 15) is 4.79 Å². The van der Waals surface area contributed by atoms with Crippen molar-refractivity contribution < 1.29 is 9.53 Å². The van der Waals surface area contributed by atoms with Crippen LogP contribution in [0.15, 0.2) is 18.2 Å². The first-order chi connectivity index (χ1) is 7.15. The Hall–Kier alpha value is -0.870. The fourth-order valence-electron chi connectivity index (χ4n) is 0.995. The van der Waals surface area contributed by atoms with Crippen molar-refractivity contribution in [2.24, 2.45) is 0 Å². The lowest BCUT2D eigenvalue weighted by atomic mass is 10.2. The van der Waals surface area contributed by atoms with Crippen molar-refractivity contribution in [1.82, 2.24) is 0 Å². The van der Waals surface area contributed by atoms with Crippen molar-refractivity contribution in [3.63, 3.8) is 0 Å². The van der Waals surface area contributed by atoms with Crippen molar-refractivity contribution in [2.45, 2.75) is 0 Å². The lowest BCUT2D eigenvalue weighted by Crippen LogP contribution is -2.08. The highest BCUT2D eigenvalue weighted by molar-refractivity contribution is 7.98. The Morgan fingerprint density at radius 2 is 2.33 bits per heavy atom. The summed E-state index contributed by atoms with van der Waals surface area (Å²) in [6, 6.07) is 4.74. The molecule has 0 fully saturated rings. The largest absolute Gasteiger partial charge is 0.461 e. The Kier molecular flexibility index (Phi) is 4.78. The molecule has 5 heteroatoms. The number of carbonyl (C=O) groups excluding carboxylic acids is 1. The third-order valence-corrected chi connectivity index (χ3v) is 2.64. The molecule has 0 atom stereocenters. The molecule has 0 aliphatic rings. The molecular weight excluding hydrogens is 234 g/mol. The van der Waals surface area contributed by atoms with Gasteiger partial charge in [-0.05, 0) is 24.5 Å². The third-order valence-electron chi connectivity index (χ3n) is 1.73. The van der Waals surface area contributed by atoms with Crippen LogP contribution in [0.25, 0.3) is 0 Å². The van der Waals surface area contributed by atoms with Gasteiger partial charge in [0.05, 0.1) is 10.6 Å². The molecule has 2 N–H and O–H groups in total. The van der Waals surface area contributed by atoms with Gasteiger partial charge >= 0.3 is 5.97 Å². The highest BCUT2D eigenvalue weighted by atomic mass is 35.5. The van der Waals surface area contributed by atoms with Gasteiger partial charge in [0.15, 0.2) is 0 Å². The van der Waals surface area contributed by atoms with Crippen molar-refractivity contribution in [3.8, 4) is 0 Å². The maximum Gasteiger partial charge on any atom is 0.339 e. The van der Waals surface area contributed by atoms with E-state index in [4.69, 9.17) is 22.1 Å². The van der Waals surface area contributed by atoms with Gasteiger partial charge in [-0.25, -0.2) is 4.79 Å². The van der Waals surface area contributed by atoms with Crippen molar-refractivity contribution in [3.05, 3.63) is 28.8 Å². The van der Waals surface area contributed by atoms with Gasteiger partial charge in [-0.3, -0.25) is 0 Å². The fourth-order valence-corrected chi connectivity index (χ4v) is 1.44. The standard InChI is InChI=1S/C10H12ClNO2S/c1-15-5-4-14-10(13)8-6-7(12)2-3-9(8)11/h2-3,6H,4-5,12H2,1H3. The predicted octanol–water partition coefficient (Wildman–Crippen LogP) is 2.44. The van der Waals surface area contributed by atoms with Crippen LogP contribution in [-0.4, -0.2) is 24.6 Å². The molecule has 0 radical (unpaired) electrons. The fraction of sp³-hybridized carbons (Fsp3) is 0.300.